The Morgan fingerprint density at radius 2 is 0.774 bits per heavy atom. The second-order valence-electron chi connectivity index (χ2n) is 14.1. The van der Waals surface area contributed by atoms with E-state index in [1.54, 1.807) is 0 Å². The SMILES string of the molecule is Cc1cocc1-c1c2ccccc2c(-c2ccc3oc4cccc(-c5c6ccccc6c(-c6cocc6C)c6ccccc56)c4c3c2)c2ccccc12. The molecule has 0 saturated heterocycles. The van der Waals surface area contributed by atoms with E-state index in [0.29, 0.717) is 0 Å². The van der Waals surface area contributed by atoms with Crippen LogP contribution in [0.4, 0.5) is 0 Å². The summed E-state index contributed by atoms with van der Waals surface area (Å²) in [5, 5.41) is 11.8. The summed E-state index contributed by atoms with van der Waals surface area (Å²) in [6.07, 6.45) is 7.43. The van der Waals surface area contributed by atoms with Crippen molar-refractivity contribution in [2.24, 2.45) is 0 Å². The average Bonchev–Trinajstić information content (AvgIpc) is 3.93. The molecule has 8 aromatic carbocycles. The van der Waals surface area contributed by atoms with E-state index >= 15 is 0 Å². The van der Waals surface area contributed by atoms with Crippen LogP contribution in [-0.4, -0.2) is 0 Å². The highest BCUT2D eigenvalue weighted by Gasteiger charge is 2.23. The molecule has 0 aliphatic heterocycles. The zero-order valence-electron chi connectivity index (χ0n) is 29.2. The minimum absolute atomic E-state index is 0.870. The van der Waals surface area contributed by atoms with E-state index in [0.717, 1.165) is 55.3 Å². The normalized spacial score (nSPS) is 12.0. The number of benzene rings is 8. The van der Waals surface area contributed by atoms with Crippen LogP contribution in [0, 0.1) is 13.8 Å². The molecular formula is C50H32O3. The summed E-state index contributed by atoms with van der Waals surface area (Å²) in [4.78, 5) is 0. The first-order valence-electron chi connectivity index (χ1n) is 18.0. The predicted molar refractivity (Wildman–Crippen MR) is 219 cm³/mol. The number of rotatable bonds is 4. The molecule has 0 radical (unpaired) electrons. The third kappa shape index (κ3) is 4.28. The van der Waals surface area contributed by atoms with Crippen LogP contribution in [0.3, 0.4) is 0 Å². The van der Waals surface area contributed by atoms with Gasteiger partial charge in [0, 0.05) is 33.0 Å². The molecule has 11 rings (SSSR count). The molecule has 0 saturated carbocycles. The van der Waals surface area contributed by atoms with Gasteiger partial charge < -0.3 is 13.3 Å². The fraction of sp³-hybridized carbons (Fsp3) is 0.0400. The van der Waals surface area contributed by atoms with Crippen molar-refractivity contribution in [2.45, 2.75) is 13.8 Å². The molecule has 53 heavy (non-hydrogen) atoms. The van der Waals surface area contributed by atoms with Gasteiger partial charge in [0.1, 0.15) is 11.2 Å². The zero-order chi connectivity index (χ0) is 35.2. The van der Waals surface area contributed by atoms with Crippen LogP contribution in [0.15, 0.2) is 172 Å². The first-order valence-corrected chi connectivity index (χ1v) is 18.0. The molecule has 11 aromatic rings. The Morgan fingerprint density at radius 3 is 1.21 bits per heavy atom. The Morgan fingerprint density at radius 1 is 0.340 bits per heavy atom. The molecule has 3 heteroatoms. The van der Waals surface area contributed by atoms with Gasteiger partial charge in [-0.05, 0) is 109 Å². The zero-order valence-corrected chi connectivity index (χ0v) is 29.2. The van der Waals surface area contributed by atoms with Crippen LogP contribution >= 0.6 is 0 Å². The fourth-order valence-corrected chi connectivity index (χ4v) is 8.86. The third-order valence-electron chi connectivity index (χ3n) is 11.2. The first kappa shape index (κ1) is 29.8. The van der Waals surface area contributed by atoms with E-state index in [1.807, 2.05) is 25.1 Å². The molecular weight excluding hydrogens is 649 g/mol. The lowest BCUT2D eigenvalue weighted by Crippen LogP contribution is -1.91. The van der Waals surface area contributed by atoms with E-state index < -0.39 is 0 Å². The Bertz CT molecular complexity index is 3140. The second kappa shape index (κ2) is 11.3. The van der Waals surface area contributed by atoms with Gasteiger partial charge in [0.25, 0.3) is 0 Å². The highest BCUT2D eigenvalue weighted by atomic mass is 16.3. The van der Waals surface area contributed by atoms with Crippen molar-refractivity contribution in [1.29, 1.82) is 0 Å². The first-order chi connectivity index (χ1) is 26.2. The lowest BCUT2D eigenvalue weighted by atomic mass is 9.84. The van der Waals surface area contributed by atoms with E-state index in [4.69, 9.17) is 13.3 Å². The second-order valence-corrected chi connectivity index (χ2v) is 14.1. The van der Waals surface area contributed by atoms with E-state index in [2.05, 4.69) is 147 Å². The number of aryl methyl sites for hydroxylation is 2. The smallest absolute Gasteiger partial charge is 0.136 e. The summed E-state index contributed by atoms with van der Waals surface area (Å²) >= 11 is 0. The summed E-state index contributed by atoms with van der Waals surface area (Å²) < 4.78 is 18.1. The Labute approximate surface area is 305 Å². The molecule has 250 valence electrons. The van der Waals surface area contributed by atoms with Crippen LogP contribution < -0.4 is 0 Å². The van der Waals surface area contributed by atoms with Crippen molar-refractivity contribution in [3.05, 3.63) is 170 Å². The summed E-state index contributed by atoms with van der Waals surface area (Å²) in [5.74, 6) is 0. The van der Waals surface area contributed by atoms with Gasteiger partial charge in [0.15, 0.2) is 0 Å². The summed E-state index contributed by atoms with van der Waals surface area (Å²) in [6.45, 7) is 4.23. The molecule has 0 fully saturated rings. The summed E-state index contributed by atoms with van der Waals surface area (Å²) in [5.41, 5.74) is 13.4. The van der Waals surface area contributed by atoms with Crippen molar-refractivity contribution >= 4 is 65.0 Å². The van der Waals surface area contributed by atoms with E-state index in [1.165, 1.54) is 65.3 Å². The molecule has 3 aromatic heterocycles. The Kier molecular flexibility index (Phi) is 6.38. The third-order valence-corrected chi connectivity index (χ3v) is 11.2. The highest BCUT2D eigenvalue weighted by Crippen LogP contribution is 2.49. The molecule has 0 N–H and O–H groups in total. The van der Waals surface area contributed by atoms with Gasteiger partial charge in [-0.3, -0.25) is 0 Å². The lowest BCUT2D eigenvalue weighted by Gasteiger charge is -2.18. The Balaban J connectivity index is 1.23. The van der Waals surface area contributed by atoms with Crippen LogP contribution in [-0.2, 0) is 0 Å². The van der Waals surface area contributed by atoms with Gasteiger partial charge in [0.05, 0.1) is 25.1 Å². The van der Waals surface area contributed by atoms with E-state index in [9.17, 15) is 0 Å². The lowest BCUT2D eigenvalue weighted by molar-refractivity contribution is 0.566. The van der Waals surface area contributed by atoms with Crippen molar-refractivity contribution in [3.63, 3.8) is 0 Å². The van der Waals surface area contributed by atoms with Gasteiger partial charge >= 0.3 is 0 Å². The van der Waals surface area contributed by atoms with Crippen molar-refractivity contribution in [3.8, 4) is 44.5 Å². The monoisotopic (exact) mass is 680 g/mol. The molecule has 0 aliphatic rings. The maximum Gasteiger partial charge on any atom is 0.136 e. The molecule has 0 amide bonds. The number of fused-ring (bicyclic) bond motifs is 7. The predicted octanol–water partition coefficient (Wildman–Crippen LogP) is 14.7. The number of hydrogen-bond donors (Lipinski definition) is 0. The van der Waals surface area contributed by atoms with Gasteiger partial charge in [-0.2, -0.15) is 0 Å². The van der Waals surface area contributed by atoms with Crippen LogP contribution in [0.2, 0.25) is 0 Å². The van der Waals surface area contributed by atoms with Gasteiger partial charge in [0.2, 0.25) is 0 Å². The van der Waals surface area contributed by atoms with Crippen LogP contribution in [0.1, 0.15) is 11.1 Å². The number of hydrogen-bond acceptors (Lipinski definition) is 3. The maximum atomic E-state index is 6.66. The minimum Gasteiger partial charge on any atom is -0.472 e. The van der Waals surface area contributed by atoms with Gasteiger partial charge in [-0.25, -0.2) is 0 Å². The largest absolute Gasteiger partial charge is 0.472 e. The van der Waals surface area contributed by atoms with Crippen molar-refractivity contribution < 1.29 is 13.3 Å². The minimum atomic E-state index is 0.870. The van der Waals surface area contributed by atoms with Gasteiger partial charge in [-0.1, -0.05) is 115 Å². The molecule has 3 heterocycles. The van der Waals surface area contributed by atoms with Crippen molar-refractivity contribution in [1.82, 2.24) is 0 Å². The maximum absolute atomic E-state index is 6.66. The molecule has 0 aliphatic carbocycles. The summed E-state index contributed by atoms with van der Waals surface area (Å²) in [7, 11) is 0. The summed E-state index contributed by atoms with van der Waals surface area (Å²) in [6, 6.07) is 48.2. The standard InChI is InChI=1S/C50H32O3/c1-29-25-51-27-42(29)48-34-14-5-3-12-32(34)46(33-13-4-6-15-35(33)48)31-22-23-44-41(24-31)50-40(20-11-21-45(50)53-44)47-36-16-7-9-18-38(36)49(43-28-52-26-30(43)2)39-19-10-8-17-37(39)47/h3-28H,1-2H3. The Hall–Kier alpha value is -6.84. The molecule has 3 nitrogen and oxygen atoms in total. The van der Waals surface area contributed by atoms with Crippen molar-refractivity contribution in [2.75, 3.05) is 0 Å². The average molecular weight is 681 g/mol. The fourth-order valence-electron chi connectivity index (χ4n) is 8.86. The molecule has 0 bridgehead atoms. The quantitative estimate of drug-likeness (QED) is 0.174. The highest BCUT2D eigenvalue weighted by molar-refractivity contribution is 6.27. The van der Waals surface area contributed by atoms with Crippen LogP contribution in [0.25, 0.3) is 110 Å². The van der Waals surface area contributed by atoms with E-state index in [-0.39, 0.29) is 0 Å². The topological polar surface area (TPSA) is 39.4 Å². The molecule has 0 unspecified atom stereocenters. The molecule has 0 atom stereocenters. The van der Waals surface area contributed by atoms with Gasteiger partial charge in [-0.15, -0.1) is 0 Å². The number of furan rings is 3. The molecule has 0 spiro atoms. The van der Waals surface area contributed by atoms with Crippen LogP contribution in [0.5, 0.6) is 0 Å².